The summed E-state index contributed by atoms with van der Waals surface area (Å²) < 4.78 is 9.75. The van der Waals surface area contributed by atoms with E-state index in [1.165, 1.54) is 0 Å². The molecule has 0 rings (SSSR count). The SMILES string of the molecule is O=[N+]([O-])[O-].O=[N+]([O-])[O-].OCCOCCOCCO.[Pb+2]. The Kier molecular flexibility index (Phi) is 36.3. The number of rotatable bonds is 7. The largest absolute Gasteiger partial charge is 2.00 e. The van der Waals surface area contributed by atoms with Gasteiger partial charge in [0.1, 0.15) is 0 Å². The minimum Gasteiger partial charge on any atom is -0.394 e. The molecule has 13 heteroatoms. The zero-order valence-electron chi connectivity index (χ0n) is 9.80. The van der Waals surface area contributed by atoms with Crippen molar-refractivity contribution in [1.82, 2.24) is 0 Å². The molecular weight excluding hydrogens is 467 g/mol. The third kappa shape index (κ3) is 104. The van der Waals surface area contributed by atoms with E-state index in [9.17, 15) is 0 Å². The molecule has 0 aliphatic heterocycles. The van der Waals surface area contributed by atoms with E-state index >= 15 is 0 Å². The smallest absolute Gasteiger partial charge is 0.394 e. The first-order valence-electron chi connectivity index (χ1n) is 4.38. The van der Waals surface area contributed by atoms with Crippen molar-refractivity contribution in [3.63, 3.8) is 0 Å². The Balaban J connectivity index is -0.000000105. The first-order valence-corrected chi connectivity index (χ1v) is 4.38. The van der Waals surface area contributed by atoms with Crippen molar-refractivity contribution in [3.8, 4) is 0 Å². The van der Waals surface area contributed by atoms with Crippen molar-refractivity contribution in [2.45, 2.75) is 0 Å². The predicted octanol–water partition coefficient (Wildman–Crippen LogP) is -1.85. The average molecular weight is 481 g/mol. The summed E-state index contributed by atoms with van der Waals surface area (Å²) in [6, 6.07) is 0. The van der Waals surface area contributed by atoms with Gasteiger partial charge < -0.3 is 50.3 Å². The van der Waals surface area contributed by atoms with Crippen molar-refractivity contribution in [1.29, 1.82) is 0 Å². The van der Waals surface area contributed by atoms with Gasteiger partial charge in [-0.15, -0.1) is 0 Å². The first kappa shape index (κ1) is 26.7. The van der Waals surface area contributed by atoms with Gasteiger partial charge in [0.05, 0.1) is 49.8 Å². The summed E-state index contributed by atoms with van der Waals surface area (Å²) in [6.07, 6.45) is 0. The molecule has 0 fully saturated rings. The van der Waals surface area contributed by atoms with Crippen LogP contribution in [-0.2, 0) is 9.47 Å². The van der Waals surface area contributed by atoms with Crippen molar-refractivity contribution in [3.05, 3.63) is 30.6 Å². The van der Waals surface area contributed by atoms with Gasteiger partial charge in [0.15, 0.2) is 0 Å². The van der Waals surface area contributed by atoms with E-state index in [0.29, 0.717) is 26.4 Å². The minimum atomic E-state index is -1.75. The number of ether oxygens (including phenoxy) is 2. The van der Waals surface area contributed by atoms with Gasteiger partial charge in [-0.3, -0.25) is 0 Å². The number of aliphatic hydroxyl groups excluding tert-OH is 2. The van der Waals surface area contributed by atoms with Gasteiger partial charge in [-0.05, 0) is 0 Å². The molecule has 0 saturated carbocycles. The Bertz CT molecular complexity index is 167. The predicted molar refractivity (Wildman–Crippen MR) is 62.3 cm³/mol. The fraction of sp³-hybridized carbons (Fsp3) is 1.00. The molecule has 0 aliphatic rings. The fourth-order valence-electron chi connectivity index (χ4n) is 0.451. The maximum absolute atomic E-state index is 8.26. The van der Waals surface area contributed by atoms with Crippen LogP contribution in [0.2, 0.25) is 0 Å². The summed E-state index contributed by atoms with van der Waals surface area (Å²) in [5, 5.41) is 46.0. The number of aliphatic hydroxyl groups is 2. The molecule has 0 amide bonds. The second kappa shape index (κ2) is 25.9. The first-order chi connectivity index (χ1) is 8.38. The van der Waals surface area contributed by atoms with Gasteiger partial charge >= 0.3 is 27.3 Å². The average Bonchev–Trinajstić information content (AvgIpc) is 2.22. The molecule has 0 aliphatic carbocycles. The van der Waals surface area contributed by atoms with E-state index in [1.54, 1.807) is 0 Å². The Morgan fingerprint density at radius 1 is 0.737 bits per heavy atom. The summed E-state index contributed by atoms with van der Waals surface area (Å²) in [7, 11) is 0. The molecule has 0 unspecified atom stereocenters. The normalized spacial score (nSPS) is 7.89. The third-order valence-corrected chi connectivity index (χ3v) is 0.843. The van der Waals surface area contributed by atoms with Gasteiger partial charge in [-0.2, -0.15) is 0 Å². The molecule has 2 radical (unpaired) electrons. The molecule has 0 heterocycles. The van der Waals surface area contributed by atoms with Crippen LogP contribution in [0, 0.1) is 30.6 Å². The maximum Gasteiger partial charge on any atom is 2.00 e. The van der Waals surface area contributed by atoms with Gasteiger partial charge in [-0.25, -0.2) is 0 Å². The van der Waals surface area contributed by atoms with Crippen LogP contribution in [-0.4, -0.2) is 87.3 Å². The van der Waals surface area contributed by atoms with Gasteiger partial charge in [0.2, 0.25) is 0 Å². The van der Waals surface area contributed by atoms with E-state index < -0.39 is 10.2 Å². The molecule has 112 valence electrons. The van der Waals surface area contributed by atoms with Crippen LogP contribution in [0.25, 0.3) is 0 Å². The van der Waals surface area contributed by atoms with Crippen molar-refractivity contribution in [2.24, 2.45) is 0 Å². The summed E-state index contributed by atoms with van der Waals surface area (Å²) in [5.41, 5.74) is 0. The van der Waals surface area contributed by atoms with Crippen LogP contribution < -0.4 is 0 Å². The van der Waals surface area contributed by atoms with Gasteiger partial charge in [-0.1, -0.05) is 0 Å². The molecular formula is C6H14N2O10Pb. The van der Waals surface area contributed by atoms with Crippen LogP contribution in [0.5, 0.6) is 0 Å². The topological polar surface area (TPSA) is 191 Å². The summed E-state index contributed by atoms with van der Waals surface area (Å²) in [6.45, 7) is 1.73. The van der Waals surface area contributed by atoms with E-state index in [-0.39, 0.29) is 40.5 Å². The minimum absolute atomic E-state index is 0. The monoisotopic (exact) mass is 482 g/mol. The maximum atomic E-state index is 8.26. The van der Waals surface area contributed by atoms with Crippen LogP contribution in [0.3, 0.4) is 0 Å². The van der Waals surface area contributed by atoms with E-state index in [4.69, 9.17) is 50.3 Å². The van der Waals surface area contributed by atoms with Crippen LogP contribution in [0.15, 0.2) is 0 Å². The van der Waals surface area contributed by atoms with E-state index in [2.05, 4.69) is 0 Å². The Hall–Kier alpha value is -0.838. The number of hydrogen-bond donors (Lipinski definition) is 2. The molecule has 0 aromatic carbocycles. The van der Waals surface area contributed by atoms with Gasteiger partial charge in [0.25, 0.3) is 0 Å². The van der Waals surface area contributed by atoms with E-state index in [1.807, 2.05) is 0 Å². The standard InChI is InChI=1S/C6H14O4.2NO3.Pb/c7-1-3-9-5-6-10-4-2-8;2*2-1(3)4;/h7-8H,1-6H2;;;/q;2*-1;+2. The second-order valence-electron chi connectivity index (χ2n) is 2.12. The summed E-state index contributed by atoms with van der Waals surface area (Å²) >= 11 is 0. The molecule has 0 atom stereocenters. The van der Waals surface area contributed by atoms with Crippen LogP contribution in [0.4, 0.5) is 0 Å². The zero-order chi connectivity index (χ0) is 14.8. The Labute approximate surface area is 127 Å². The van der Waals surface area contributed by atoms with Crippen molar-refractivity contribution in [2.75, 3.05) is 39.6 Å². The number of hydrogen-bond acceptors (Lipinski definition) is 10. The van der Waals surface area contributed by atoms with Crippen LogP contribution in [0.1, 0.15) is 0 Å². The Morgan fingerprint density at radius 3 is 1.11 bits per heavy atom. The Morgan fingerprint density at radius 2 is 0.947 bits per heavy atom. The number of nitrogens with zero attached hydrogens (tertiary/aromatic N) is 2. The second-order valence-corrected chi connectivity index (χ2v) is 2.12. The molecule has 0 saturated heterocycles. The molecule has 0 spiro atoms. The molecule has 0 aromatic heterocycles. The molecule has 0 aromatic rings. The fourth-order valence-corrected chi connectivity index (χ4v) is 0.451. The summed E-state index contributed by atoms with van der Waals surface area (Å²) in [5.74, 6) is 0. The van der Waals surface area contributed by atoms with Gasteiger partial charge in [0, 0.05) is 0 Å². The van der Waals surface area contributed by atoms with Crippen LogP contribution >= 0.6 is 0 Å². The van der Waals surface area contributed by atoms with Crippen molar-refractivity contribution < 1.29 is 29.9 Å². The quantitative estimate of drug-likeness (QED) is 0.180. The molecule has 2 N–H and O–H groups in total. The van der Waals surface area contributed by atoms with Crippen molar-refractivity contribution >= 4 is 27.3 Å². The third-order valence-electron chi connectivity index (χ3n) is 0.843. The molecule has 19 heavy (non-hydrogen) atoms. The molecule has 12 nitrogen and oxygen atoms in total. The zero-order valence-corrected chi connectivity index (χ0v) is 13.7. The van der Waals surface area contributed by atoms with E-state index in [0.717, 1.165) is 0 Å². The summed E-state index contributed by atoms with van der Waals surface area (Å²) in [4.78, 5) is 16.5. The molecule has 0 bridgehead atoms.